The number of nitrogens with zero attached hydrogens (tertiary/aromatic N) is 1. The molecule has 21 heavy (non-hydrogen) atoms. The van der Waals surface area contributed by atoms with Crippen molar-refractivity contribution in [3.63, 3.8) is 0 Å². The van der Waals surface area contributed by atoms with E-state index in [2.05, 4.69) is 0 Å². The van der Waals surface area contributed by atoms with Crippen LogP contribution in [0, 0.1) is 17.1 Å². The SMILES string of the molecule is CC1(C)OB([C@H]2CC2c2ccc(C#N)cc2F)OC1(C)C. The molecule has 0 bridgehead atoms. The summed E-state index contributed by atoms with van der Waals surface area (Å²) in [5, 5.41) is 8.79. The molecule has 2 fully saturated rings. The fraction of sp³-hybridized carbons (Fsp3) is 0.562. The van der Waals surface area contributed by atoms with Crippen LogP contribution in [0.4, 0.5) is 4.39 Å². The van der Waals surface area contributed by atoms with Crippen LogP contribution in [0.1, 0.15) is 51.2 Å². The zero-order valence-electron chi connectivity index (χ0n) is 12.8. The highest BCUT2D eigenvalue weighted by atomic mass is 19.1. The van der Waals surface area contributed by atoms with E-state index in [1.54, 1.807) is 12.1 Å². The predicted molar refractivity (Wildman–Crippen MR) is 78.3 cm³/mol. The molecule has 5 heteroatoms. The molecule has 1 heterocycles. The predicted octanol–water partition coefficient (Wildman–Crippen LogP) is 3.65. The Morgan fingerprint density at radius 3 is 2.38 bits per heavy atom. The molecule has 1 aliphatic heterocycles. The quantitative estimate of drug-likeness (QED) is 0.780. The third kappa shape index (κ3) is 2.37. The van der Waals surface area contributed by atoms with Gasteiger partial charge < -0.3 is 9.31 Å². The topological polar surface area (TPSA) is 42.2 Å². The zero-order chi connectivity index (χ0) is 15.4. The Balaban J connectivity index is 1.75. The van der Waals surface area contributed by atoms with E-state index in [0.29, 0.717) is 11.1 Å². The minimum atomic E-state index is -0.353. The van der Waals surface area contributed by atoms with Crippen LogP contribution in [0.15, 0.2) is 18.2 Å². The average Bonchev–Trinajstić information content (AvgIpc) is 3.12. The molecular weight excluding hydrogens is 268 g/mol. The van der Waals surface area contributed by atoms with Crippen molar-refractivity contribution in [1.29, 1.82) is 5.26 Å². The molecule has 3 rings (SSSR count). The molecule has 1 aromatic carbocycles. The Morgan fingerprint density at radius 2 is 1.86 bits per heavy atom. The van der Waals surface area contributed by atoms with Crippen LogP contribution in [0.25, 0.3) is 0 Å². The van der Waals surface area contributed by atoms with Gasteiger partial charge in [-0.1, -0.05) is 6.07 Å². The first-order chi connectivity index (χ1) is 9.75. The van der Waals surface area contributed by atoms with Crippen molar-refractivity contribution in [2.24, 2.45) is 0 Å². The van der Waals surface area contributed by atoms with Crippen LogP contribution in [0.5, 0.6) is 0 Å². The summed E-state index contributed by atoms with van der Waals surface area (Å²) in [4.78, 5) is 0. The fourth-order valence-electron chi connectivity index (χ4n) is 2.83. The van der Waals surface area contributed by atoms with E-state index in [1.165, 1.54) is 6.07 Å². The maximum atomic E-state index is 14.1. The first kappa shape index (κ1) is 14.6. The third-order valence-corrected chi connectivity index (χ3v) is 4.99. The Bertz CT molecular complexity index is 607. The van der Waals surface area contributed by atoms with Crippen LogP contribution >= 0.6 is 0 Å². The van der Waals surface area contributed by atoms with E-state index in [-0.39, 0.29) is 35.9 Å². The molecule has 1 aromatic rings. The van der Waals surface area contributed by atoms with Crippen LogP contribution in [0.2, 0.25) is 5.82 Å². The summed E-state index contributed by atoms with van der Waals surface area (Å²) in [6.07, 6.45) is 0.861. The fourth-order valence-corrected chi connectivity index (χ4v) is 2.83. The second-order valence-electron chi connectivity index (χ2n) is 6.98. The second-order valence-corrected chi connectivity index (χ2v) is 6.98. The first-order valence-corrected chi connectivity index (χ1v) is 7.30. The maximum Gasteiger partial charge on any atom is 0.461 e. The molecule has 1 aliphatic carbocycles. The number of nitriles is 1. The van der Waals surface area contributed by atoms with Gasteiger partial charge in [0.05, 0.1) is 22.8 Å². The van der Waals surface area contributed by atoms with E-state index in [9.17, 15) is 4.39 Å². The summed E-state index contributed by atoms with van der Waals surface area (Å²) in [5.41, 5.74) is 0.306. The van der Waals surface area contributed by atoms with E-state index in [4.69, 9.17) is 14.6 Å². The standard InChI is InChI=1S/C16H19BFNO2/c1-15(2)16(3,4)21-17(20-15)13-8-12(13)11-6-5-10(9-19)7-14(11)18/h5-7,12-13H,8H2,1-4H3/t12?,13-/m0/s1. The van der Waals surface area contributed by atoms with Gasteiger partial charge >= 0.3 is 7.12 Å². The van der Waals surface area contributed by atoms with Gasteiger partial charge in [0.2, 0.25) is 0 Å². The van der Waals surface area contributed by atoms with Crippen LogP contribution in [0.3, 0.4) is 0 Å². The highest BCUT2D eigenvalue weighted by molar-refractivity contribution is 6.49. The summed E-state index contributed by atoms with van der Waals surface area (Å²) in [5.74, 6) is -0.000930. The molecule has 2 atom stereocenters. The molecule has 1 saturated heterocycles. The summed E-state index contributed by atoms with van der Waals surface area (Å²) < 4.78 is 26.1. The van der Waals surface area contributed by atoms with E-state index in [1.807, 2.05) is 33.8 Å². The van der Waals surface area contributed by atoms with Crippen LogP contribution in [-0.2, 0) is 9.31 Å². The Labute approximate surface area is 125 Å². The molecule has 1 unspecified atom stereocenters. The van der Waals surface area contributed by atoms with Gasteiger partial charge in [0.25, 0.3) is 0 Å². The van der Waals surface area contributed by atoms with E-state index < -0.39 is 0 Å². The largest absolute Gasteiger partial charge is 0.461 e. The first-order valence-electron chi connectivity index (χ1n) is 7.30. The Kier molecular flexibility index (Phi) is 3.16. The van der Waals surface area contributed by atoms with E-state index in [0.717, 1.165) is 6.42 Å². The lowest BCUT2D eigenvalue weighted by molar-refractivity contribution is 0.00578. The van der Waals surface area contributed by atoms with Gasteiger partial charge in [0.15, 0.2) is 0 Å². The summed E-state index contributed by atoms with van der Waals surface area (Å²) in [6.45, 7) is 8.08. The minimum Gasteiger partial charge on any atom is -0.403 e. The van der Waals surface area contributed by atoms with Gasteiger partial charge in [0.1, 0.15) is 5.82 Å². The minimum absolute atomic E-state index is 0.118. The smallest absolute Gasteiger partial charge is 0.403 e. The van der Waals surface area contributed by atoms with Crippen molar-refractivity contribution in [2.45, 2.75) is 57.1 Å². The van der Waals surface area contributed by atoms with Gasteiger partial charge in [-0.15, -0.1) is 0 Å². The molecule has 0 aromatic heterocycles. The third-order valence-electron chi connectivity index (χ3n) is 4.99. The number of rotatable bonds is 2. The summed E-state index contributed by atoms with van der Waals surface area (Å²) >= 11 is 0. The lowest BCUT2D eigenvalue weighted by Crippen LogP contribution is -2.41. The van der Waals surface area contributed by atoms with Crippen molar-refractivity contribution >= 4 is 7.12 Å². The van der Waals surface area contributed by atoms with Gasteiger partial charge in [-0.25, -0.2) is 4.39 Å². The molecule has 0 N–H and O–H groups in total. The Hall–Kier alpha value is -1.38. The average molecular weight is 287 g/mol. The summed E-state index contributed by atoms with van der Waals surface area (Å²) in [7, 11) is -0.282. The van der Waals surface area contributed by atoms with Crippen molar-refractivity contribution in [3.8, 4) is 6.07 Å². The monoisotopic (exact) mass is 287 g/mol. The number of hydrogen-bond donors (Lipinski definition) is 0. The number of halogens is 1. The molecule has 1 saturated carbocycles. The lowest BCUT2D eigenvalue weighted by atomic mass is 9.79. The highest BCUT2D eigenvalue weighted by Crippen LogP contribution is 2.58. The lowest BCUT2D eigenvalue weighted by Gasteiger charge is -2.32. The van der Waals surface area contributed by atoms with Gasteiger partial charge in [-0.3, -0.25) is 0 Å². The van der Waals surface area contributed by atoms with E-state index >= 15 is 0 Å². The van der Waals surface area contributed by atoms with Crippen molar-refractivity contribution in [2.75, 3.05) is 0 Å². The molecular formula is C16H19BFNO2. The molecule has 110 valence electrons. The van der Waals surface area contributed by atoms with Gasteiger partial charge in [-0.2, -0.15) is 5.26 Å². The molecule has 2 aliphatic rings. The second kappa shape index (κ2) is 4.56. The highest BCUT2D eigenvalue weighted by Gasteiger charge is 2.60. The van der Waals surface area contributed by atoms with Gasteiger partial charge in [0, 0.05) is 5.82 Å². The number of hydrogen-bond acceptors (Lipinski definition) is 3. The maximum absolute atomic E-state index is 14.1. The molecule has 3 nitrogen and oxygen atoms in total. The van der Waals surface area contributed by atoms with Crippen LogP contribution in [-0.4, -0.2) is 18.3 Å². The Morgan fingerprint density at radius 1 is 1.24 bits per heavy atom. The van der Waals surface area contributed by atoms with Crippen molar-refractivity contribution in [3.05, 3.63) is 35.1 Å². The van der Waals surface area contributed by atoms with Crippen molar-refractivity contribution in [1.82, 2.24) is 0 Å². The molecule has 0 radical (unpaired) electrons. The molecule has 0 amide bonds. The van der Waals surface area contributed by atoms with Crippen molar-refractivity contribution < 1.29 is 13.7 Å². The van der Waals surface area contributed by atoms with Gasteiger partial charge in [-0.05, 0) is 57.7 Å². The summed E-state index contributed by atoms with van der Waals surface area (Å²) in [6, 6.07) is 6.63. The van der Waals surface area contributed by atoms with Crippen LogP contribution < -0.4 is 0 Å². The molecule has 0 spiro atoms. The zero-order valence-corrected chi connectivity index (χ0v) is 12.8. The number of benzene rings is 1. The normalized spacial score (nSPS) is 29.2.